The number of ketones is 1. The van der Waals surface area contributed by atoms with E-state index in [0.717, 1.165) is 129 Å². The van der Waals surface area contributed by atoms with Gasteiger partial charge in [-0.05, 0) is 118 Å². The third-order valence-electron chi connectivity index (χ3n) is 13.2. The molecule has 0 saturated carbocycles. The molecule has 6 heterocycles. The second-order valence-electron chi connectivity index (χ2n) is 17.5. The Kier molecular flexibility index (Phi) is 14.5. The Labute approximate surface area is 376 Å². The average Bonchev–Trinajstić information content (AvgIpc) is 3.65. The highest BCUT2D eigenvalue weighted by Crippen LogP contribution is 2.40. The van der Waals surface area contributed by atoms with Crippen molar-refractivity contribution in [2.75, 3.05) is 79.9 Å². The Morgan fingerprint density at radius 3 is 2.66 bits per heavy atom. The van der Waals surface area contributed by atoms with Crippen LogP contribution in [-0.2, 0) is 45.1 Å². The van der Waals surface area contributed by atoms with Crippen molar-refractivity contribution < 1.29 is 23.9 Å². The molecule has 15 nitrogen and oxygen atoms in total. The van der Waals surface area contributed by atoms with Crippen LogP contribution in [0.3, 0.4) is 0 Å². The van der Waals surface area contributed by atoms with Gasteiger partial charge in [0, 0.05) is 62.7 Å². The van der Waals surface area contributed by atoms with Gasteiger partial charge in [0.2, 0.25) is 23.6 Å². The van der Waals surface area contributed by atoms with E-state index >= 15 is 0 Å². The summed E-state index contributed by atoms with van der Waals surface area (Å²) in [6.45, 7) is 12.0. The Morgan fingerprint density at radius 2 is 1.88 bits per heavy atom. The lowest BCUT2D eigenvalue weighted by Crippen LogP contribution is -2.47. The van der Waals surface area contributed by atoms with E-state index in [1.807, 2.05) is 24.5 Å². The Balaban J connectivity index is 0.786. The number of aromatic nitrogens is 3. The molecule has 8 rings (SSSR count). The second kappa shape index (κ2) is 20.7. The van der Waals surface area contributed by atoms with Gasteiger partial charge in [-0.15, -0.1) is 0 Å². The van der Waals surface area contributed by atoms with Crippen molar-refractivity contribution in [3.05, 3.63) is 88.4 Å². The topological polar surface area (TPSA) is 165 Å². The van der Waals surface area contributed by atoms with Gasteiger partial charge in [0.05, 0.1) is 37.1 Å². The maximum absolute atomic E-state index is 13.3. The number of Topliss-reactive ketones (excluding diaryl/α,β-unsaturated/α-hetero) is 1. The number of amides is 2. The van der Waals surface area contributed by atoms with Crippen LogP contribution in [0.25, 0.3) is 0 Å². The lowest BCUT2D eigenvalue weighted by Gasteiger charge is -2.33. The number of nitrogens with zero attached hydrogens (tertiary/aromatic N) is 7. The van der Waals surface area contributed by atoms with Crippen LogP contribution in [0.4, 0.5) is 28.7 Å². The van der Waals surface area contributed by atoms with E-state index in [-0.39, 0.29) is 42.8 Å². The summed E-state index contributed by atoms with van der Waals surface area (Å²) in [6.07, 6.45) is 10.5. The standard InChI is InChI=1S/C49H62N10O5/c1-4-20-56(21-6-8-38(61)31-57-22-16-35(17-23-57)39-9-5-10-42-40(39)27-45(62)59(42)43(11-7-25-60)47(63)50-3)30-34-12-14-37(15-13-34)54-49-53-28-36-18-24-58(32-41(36)55-49)44-29-52-48-46(33(44)2)51-19-26-64-48/h5,9-10,12-15,25,28-29,35,43,51H,4,6-8,11,16-24,26-27,30-32H2,1-3H3,(H,50,63)(H,53,54,55). The number of aldehydes is 1. The third-order valence-corrected chi connectivity index (χ3v) is 13.2. The fourth-order valence-electron chi connectivity index (χ4n) is 9.87. The molecule has 2 amide bonds. The van der Waals surface area contributed by atoms with E-state index in [2.05, 4.69) is 84.8 Å². The maximum Gasteiger partial charge on any atom is 0.242 e. The van der Waals surface area contributed by atoms with E-state index in [1.165, 1.54) is 11.1 Å². The minimum absolute atomic E-state index is 0.108. The Morgan fingerprint density at radius 1 is 1.05 bits per heavy atom. The first-order valence-electron chi connectivity index (χ1n) is 23.1. The van der Waals surface area contributed by atoms with Crippen LogP contribution in [0, 0.1) is 6.92 Å². The number of benzene rings is 2. The summed E-state index contributed by atoms with van der Waals surface area (Å²) in [5.41, 5.74) is 10.5. The number of anilines is 5. The van der Waals surface area contributed by atoms with Gasteiger partial charge < -0.3 is 30.4 Å². The molecule has 1 saturated heterocycles. The van der Waals surface area contributed by atoms with Gasteiger partial charge in [-0.1, -0.05) is 31.2 Å². The first-order valence-corrected chi connectivity index (χ1v) is 23.1. The summed E-state index contributed by atoms with van der Waals surface area (Å²) < 4.78 is 5.74. The van der Waals surface area contributed by atoms with Gasteiger partial charge in [0.15, 0.2) is 0 Å². The smallest absolute Gasteiger partial charge is 0.242 e. The number of likely N-dealkylation sites (tertiary alicyclic amines) is 1. The van der Waals surface area contributed by atoms with Gasteiger partial charge >= 0.3 is 0 Å². The molecule has 0 spiro atoms. The third kappa shape index (κ3) is 10.2. The average molecular weight is 871 g/mol. The van der Waals surface area contributed by atoms with Crippen molar-refractivity contribution in [2.24, 2.45) is 0 Å². The summed E-state index contributed by atoms with van der Waals surface area (Å²) in [6, 6.07) is 13.7. The summed E-state index contributed by atoms with van der Waals surface area (Å²) in [7, 11) is 1.55. The molecule has 1 unspecified atom stereocenters. The number of carbonyl (C=O) groups excluding carboxylic acids is 4. The van der Waals surface area contributed by atoms with Crippen LogP contribution in [0.1, 0.15) is 91.3 Å². The minimum atomic E-state index is -0.712. The number of hydrogen-bond acceptors (Lipinski definition) is 13. The fraction of sp³-hybridized carbons (Fsp3) is 0.490. The number of fused-ring (bicyclic) bond motifs is 3. The monoisotopic (exact) mass is 870 g/mol. The van der Waals surface area contributed by atoms with Gasteiger partial charge in [0.25, 0.3) is 0 Å². The van der Waals surface area contributed by atoms with E-state index in [0.29, 0.717) is 37.9 Å². The summed E-state index contributed by atoms with van der Waals surface area (Å²) >= 11 is 0. The van der Waals surface area contributed by atoms with E-state index in [4.69, 9.17) is 9.72 Å². The molecule has 64 heavy (non-hydrogen) atoms. The molecule has 1 fully saturated rings. The van der Waals surface area contributed by atoms with Crippen molar-refractivity contribution >= 4 is 52.6 Å². The largest absolute Gasteiger partial charge is 0.474 e. The zero-order valence-electron chi connectivity index (χ0n) is 37.5. The molecule has 3 N–H and O–H groups in total. The highest BCUT2D eigenvalue weighted by atomic mass is 16.5. The van der Waals surface area contributed by atoms with Crippen LogP contribution in [-0.4, -0.2) is 114 Å². The van der Waals surface area contributed by atoms with Crippen LogP contribution >= 0.6 is 0 Å². The summed E-state index contributed by atoms with van der Waals surface area (Å²) in [5, 5.41) is 9.52. The van der Waals surface area contributed by atoms with Crippen molar-refractivity contribution in [3.8, 4) is 5.88 Å². The number of piperidine rings is 1. The number of ether oxygens (including phenoxy) is 1. The highest BCUT2D eigenvalue weighted by molar-refractivity contribution is 6.07. The molecule has 15 heteroatoms. The molecule has 4 aliphatic heterocycles. The number of carbonyl (C=O) groups is 4. The lowest BCUT2D eigenvalue weighted by molar-refractivity contribution is -0.125. The summed E-state index contributed by atoms with van der Waals surface area (Å²) in [5.74, 6) is 1.43. The quantitative estimate of drug-likeness (QED) is 0.0983. The van der Waals surface area contributed by atoms with Crippen molar-refractivity contribution in [2.45, 2.75) is 96.7 Å². The number of hydrogen-bond donors (Lipinski definition) is 3. The molecule has 338 valence electrons. The van der Waals surface area contributed by atoms with Crippen LogP contribution in [0.5, 0.6) is 5.88 Å². The molecule has 4 aliphatic rings. The van der Waals surface area contributed by atoms with Crippen molar-refractivity contribution in [1.82, 2.24) is 30.1 Å². The molecular weight excluding hydrogens is 809 g/mol. The normalized spacial score (nSPS) is 16.7. The number of likely N-dealkylation sites (N-methyl/N-ethyl adjacent to an activating group) is 1. The molecule has 4 aromatic rings. The van der Waals surface area contributed by atoms with Crippen LogP contribution in [0.2, 0.25) is 0 Å². The summed E-state index contributed by atoms with van der Waals surface area (Å²) in [4.78, 5) is 73.2. The van der Waals surface area contributed by atoms with Crippen LogP contribution in [0.15, 0.2) is 54.9 Å². The first-order chi connectivity index (χ1) is 31.2. The van der Waals surface area contributed by atoms with Crippen molar-refractivity contribution in [3.63, 3.8) is 0 Å². The predicted octanol–water partition coefficient (Wildman–Crippen LogP) is 5.71. The van der Waals surface area contributed by atoms with E-state index in [1.54, 1.807) is 11.9 Å². The predicted molar refractivity (Wildman–Crippen MR) is 248 cm³/mol. The number of nitrogens with one attached hydrogen (secondary N) is 3. The fourth-order valence-corrected chi connectivity index (χ4v) is 9.87. The molecule has 0 radical (unpaired) electrons. The van der Waals surface area contributed by atoms with E-state index in [9.17, 15) is 19.2 Å². The van der Waals surface area contributed by atoms with Gasteiger partial charge in [-0.2, -0.15) is 0 Å². The Bertz CT molecular complexity index is 2310. The van der Waals surface area contributed by atoms with E-state index < -0.39 is 6.04 Å². The van der Waals surface area contributed by atoms with Crippen LogP contribution < -0.4 is 30.5 Å². The molecule has 0 aliphatic carbocycles. The maximum atomic E-state index is 13.3. The number of rotatable bonds is 19. The minimum Gasteiger partial charge on any atom is -0.474 e. The zero-order valence-corrected chi connectivity index (χ0v) is 37.5. The number of pyridine rings is 1. The molecule has 1 atom stereocenters. The molecule has 0 bridgehead atoms. The van der Waals surface area contributed by atoms with Gasteiger partial charge in [-0.3, -0.25) is 29.1 Å². The SMILES string of the molecule is CCCN(CCCC(=O)CN1CCC(c2cccc3c2CC(=O)N3C(CCC=O)C(=O)NC)CC1)Cc1ccc(Nc2ncc3c(n2)CN(c2cnc4c(c2C)NCCO4)CC3)cc1. The molecular formula is C49H62N10O5. The molecule has 2 aromatic heterocycles. The van der Waals surface area contributed by atoms with Crippen molar-refractivity contribution in [1.29, 1.82) is 0 Å². The zero-order chi connectivity index (χ0) is 44.6. The molecule has 2 aromatic carbocycles. The Hall–Kier alpha value is -5.93. The lowest BCUT2D eigenvalue weighted by atomic mass is 9.85. The highest BCUT2D eigenvalue weighted by Gasteiger charge is 2.38. The second-order valence-corrected chi connectivity index (χ2v) is 17.5. The van der Waals surface area contributed by atoms with Gasteiger partial charge in [0.1, 0.15) is 30.4 Å². The first kappa shape index (κ1) is 44.7. The van der Waals surface area contributed by atoms with Gasteiger partial charge in [-0.25, -0.2) is 15.0 Å².